The second-order valence-corrected chi connectivity index (χ2v) is 7.86. The lowest BCUT2D eigenvalue weighted by molar-refractivity contribution is -0.139. The van der Waals surface area contributed by atoms with Crippen LogP contribution in [0.3, 0.4) is 0 Å². The van der Waals surface area contributed by atoms with Crippen LogP contribution in [0.25, 0.3) is 0 Å². The van der Waals surface area contributed by atoms with Crippen LogP contribution in [0.15, 0.2) is 53.7 Å². The Labute approximate surface area is 194 Å². The van der Waals surface area contributed by atoms with Crippen molar-refractivity contribution in [3.63, 3.8) is 0 Å². The van der Waals surface area contributed by atoms with Gasteiger partial charge in [-0.2, -0.15) is 0 Å². The van der Waals surface area contributed by atoms with Crippen molar-refractivity contribution in [2.24, 2.45) is 0 Å². The van der Waals surface area contributed by atoms with Crippen LogP contribution >= 0.6 is 0 Å². The predicted molar refractivity (Wildman–Crippen MR) is 125 cm³/mol. The molecule has 3 rings (SSSR count). The first-order chi connectivity index (χ1) is 15.9. The van der Waals surface area contributed by atoms with E-state index in [9.17, 15) is 9.59 Å². The molecule has 0 spiro atoms. The van der Waals surface area contributed by atoms with Crippen molar-refractivity contribution in [2.45, 2.75) is 26.4 Å². The fourth-order valence-corrected chi connectivity index (χ4v) is 3.90. The predicted octanol–water partition coefficient (Wildman–Crippen LogP) is 3.32. The summed E-state index contributed by atoms with van der Waals surface area (Å²) in [7, 11) is 5.14. The number of methoxy groups -OCH3 is 2. The zero-order chi connectivity index (χ0) is 24.0. The van der Waals surface area contributed by atoms with Gasteiger partial charge in [0.25, 0.3) is 0 Å². The number of aryl methyl sites for hydroxylation is 1. The number of amides is 2. The highest BCUT2D eigenvalue weighted by Crippen LogP contribution is 2.31. The topological polar surface area (TPSA) is 89.1 Å². The second kappa shape index (κ2) is 10.9. The summed E-state index contributed by atoms with van der Waals surface area (Å²) in [6, 6.07) is 12.3. The number of ether oxygens (including phenoxy) is 3. The van der Waals surface area contributed by atoms with Gasteiger partial charge in [0.15, 0.2) is 11.5 Å². The summed E-state index contributed by atoms with van der Waals surface area (Å²) in [6.45, 7) is 4.93. The number of likely N-dealkylation sites (N-methyl/N-ethyl adjacent to an activating group) is 1. The lowest BCUT2D eigenvalue weighted by Crippen LogP contribution is -2.48. The molecule has 1 aliphatic heterocycles. The first-order valence-electron chi connectivity index (χ1n) is 10.8. The molecule has 8 nitrogen and oxygen atoms in total. The molecule has 0 bridgehead atoms. The maximum atomic E-state index is 12.9. The molecule has 0 unspecified atom stereocenters. The van der Waals surface area contributed by atoms with Gasteiger partial charge in [-0.25, -0.2) is 9.59 Å². The summed E-state index contributed by atoms with van der Waals surface area (Å²) in [5, 5.41) is 5.67. The number of rotatable bonds is 9. The zero-order valence-electron chi connectivity index (χ0n) is 19.7. The SMILES string of the molecule is CCOC(=O)C1=C(CN(C)Cc2cc(OC)c(OC)cc2C)NC(=O)N[C@H]1c1ccccc1. The van der Waals surface area contributed by atoms with Crippen LogP contribution in [-0.4, -0.2) is 51.3 Å². The number of urea groups is 1. The van der Waals surface area contributed by atoms with Crippen LogP contribution in [0.5, 0.6) is 11.5 Å². The molecule has 1 atom stereocenters. The Morgan fingerprint density at radius 1 is 1.06 bits per heavy atom. The summed E-state index contributed by atoms with van der Waals surface area (Å²) in [5.41, 5.74) is 3.83. The van der Waals surface area contributed by atoms with Crippen molar-refractivity contribution < 1.29 is 23.8 Å². The molecule has 0 fully saturated rings. The molecule has 0 aromatic heterocycles. The Morgan fingerprint density at radius 3 is 2.36 bits per heavy atom. The average molecular weight is 454 g/mol. The minimum Gasteiger partial charge on any atom is -0.493 e. The lowest BCUT2D eigenvalue weighted by Gasteiger charge is -2.31. The largest absolute Gasteiger partial charge is 0.493 e. The monoisotopic (exact) mass is 453 g/mol. The van der Waals surface area contributed by atoms with Crippen molar-refractivity contribution in [2.75, 3.05) is 34.4 Å². The van der Waals surface area contributed by atoms with Gasteiger partial charge in [0, 0.05) is 18.8 Å². The standard InChI is InChI=1S/C25H31N3O5/c1-6-33-24(29)22-19(26-25(30)27-23(22)17-10-8-7-9-11-17)15-28(3)14-18-13-21(32-5)20(31-4)12-16(18)2/h7-13,23H,6,14-15H2,1-5H3,(H2,26,27,30)/t23-/m0/s1. The normalized spacial score (nSPS) is 15.7. The van der Waals surface area contributed by atoms with Crippen LogP contribution in [0.4, 0.5) is 4.79 Å². The van der Waals surface area contributed by atoms with E-state index in [0.717, 1.165) is 16.7 Å². The Hall–Kier alpha value is -3.52. The molecule has 2 N–H and O–H groups in total. The third-order valence-electron chi connectivity index (χ3n) is 5.49. The molecular weight excluding hydrogens is 422 g/mol. The van der Waals surface area contributed by atoms with Crippen LogP contribution < -0.4 is 20.1 Å². The van der Waals surface area contributed by atoms with Crippen LogP contribution in [0.1, 0.15) is 29.7 Å². The summed E-state index contributed by atoms with van der Waals surface area (Å²) in [4.78, 5) is 27.4. The van der Waals surface area contributed by atoms with E-state index in [1.54, 1.807) is 21.1 Å². The second-order valence-electron chi connectivity index (χ2n) is 7.86. The number of esters is 1. The Morgan fingerprint density at radius 2 is 1.73 bits per heavy atom. The van der Waals surface area contributed by atoms with E-state index in [0.29, 0.717) is 35.9 Å². The summed E-state index contributed by atoms with van der Waals surface area (Å²) >= 11 is 0. The van der Waals surface area contributed by atoms with E-state index in [1.165, 1.54) is 0 Å². The Kier molecular flexibility index (Phi) is 7.95. The van der Waals surface area contributed by atoms with Crippen molar-refractivity contribution in [3.05, 3.63) is 70.4 Å². The number of benzene rings is 2. The maximum absolute atomic E-state index is 12.9. The molecule has 2 aromatic carbocycles. The van der Waals surface area contributed by atoms with Gasteiger partial charge in [-0.15, -0.1) is 0 Å². The Balaban J connectivity index is 1.92. The molecule has 33 heavy (non-hydrogen) atoms. The zero-order valence-corrected chi connectivity index (χ0v) is 19.7. The van der Waals surface area contributed by atoms with E-state index in [-0.39, 0.29) is 12.6 Å². The van der Waals surface area contributed by atoms with Gasteiger partial charge >= 0.3 is 12.0 Å². The molecule has 0 radical (unpaired) electrons. The van der Waals surface area contributed by atoms with E-state index in [2.05, 4.69) is 10.6 Å². The quantitative estimate of drug-likeness (QED) is 0.567. The van der Waals surface area contributed by atoms with Gasteiger partial charge in [-0.05, 0) is 49.7 Å². The van der Waals surface area contributed by atoms with Gasteiger partial charge in [0.2, 0.25) is 0 Å². The number of carbonyl (C=O) groups excluding carboxylic acids is 2. The van der Waals surface area contributed by atoms with Crippen LogP contribution in [-0.2, 0) is 16.1 Å². The minimum atomic E-state index is -0.592. The van der Waals surface area contributed by atoms with Crippen molar-refractivity contribution in [3.8, 4) is 11.5 Å². The van der Waals surface area contributed by atoms with Gasteiger partial charge in [-0.1, -0.05) is 30.3 Å². The van der Waals surface area contributed by atoms with Gasteiger partial charge < -0.3 is 24.8 Å². The van der Waals surface area contributed by atoms with E-state index in [1.807, 2.05) is 61.3 Å². The van der Waals surface area contributed by atoms with E-state index in [4.69, 9.17) is 14.2 Å². The molecule has 176 valence electrons. The van der Waals surface area contributed by atoms with E-state index >= 15 is 0 Å². The Bertz CT molecular complexity index is 1040. The highest BCUT2D eigenvalue weighted by Gasteiger charge is 2.34. The van der Waals surface area contributed by atoms with Gasteiger partial charge in [-0.3, -0.25) is 4.90 Å². The first kappa shape index (κ1) is 24.1. The first-order valence-corrected chi connectivity index (χ1v) is 10.8. The van der Waals surface area contributed by atoms with Gasteiger partial charge in [0.05, 0.1) is 32.4 Å². The van der Waals surface area contributed by atoms with Crippen molar-refractivity contribution in [1.29, 1.82) is 0 Å². The van der Waals surface area contributed by atoms with Gasteiger partial charge in [0.1, 0.15) is 0 Å². The molecule has 2 amide bonds. The van der Waals surface area contributed by atoms with Crippen LogP contribution in [0, 0.1) is 6.92 Å². The molecule has 0 aliphatic carbocycles. The summed E-state index contributed by atoms with van der Waals surface area (Å²) in [6.07, 6.45) is 0. The molecule has 1 aliphatic rings. The van der Waals surface area contributed by atoms with Crippen molar-refractivity contribution in [1.82, 2.24) is 15.5 Å². The average Bonchev–Trinajstić information content (AvgIpc) is 2.80. The molecule has 0 saturated carbocycles. The lowest BCUT2D eigenvalue weighted by atomic mass is 9.95. The third kappa shape index (κ3) is 5.64. The van der Waals surface area contributed by atoms with Crippen LogP contribution in [0.2, 0.25) is 0 Å². The highest BCUT2D eigenvalue weighted by atomic mass is 16.5. The summed E-state index contributed by atoms with van der Waals surface area (Å²) in [5.74, 6) is 0.867. The summed E-state index contributed by atoms with van der Waals surface area (Å²) < 4.78 is 16.1. The van der Waals surface area contributed by atoms with E-state index < -0.39 is 12.0 Å². The minimum absolute atomic E-state index is 0.242. The fraction of sp³-hybridized carbons (Fsp3) is 0.360. The highest BCUT2D eigenvalue weighted by molar-refractivity contribution is 5.95. The number of nitrogens with zero attached hydrogens (tertiary/aromatic N) is 1. The molecule has 1 heterocycles. The number of hydrogen-bond acceptors (Lipinski definition) is 6. The van der Waals surface area contributed by atoms with Crippen molar-refractivity contribution >= 4 is 12.0 Å². The maximum Gasteiger partial charge on any atom is 0.338 e. The smallest absolute Gasteiger partial charge is 0.338 e. The number of nitrogens with one attached hydrogen (secondary N) is 2. The number of carbonyl (C=O) groups is 2. The molecule has 0 saturated heterocycles. The molecule has 2 aromatic rings. The molecule has 8 heteroatoms. The number of hydrogen-bond donors (Lipinski definition) is 2. The molecular formula is C25H31N3O5. The fourth-order valence-electron chi connectivity index (χ4n) is 3.90. The third-order valence-corrected chi connectivity index (χ3v) is 5.49.